The van der Waals surface area contributed by atoms with Crippen molar-refractivity contribution in [1.29, 1.82) is 5.26 Å². The molecule has 2 N–H and O–H groups in total. The first-order chi connectivity index (χ1) is 32.8. The molecule has 8 nitrogen and oxygen atoms in total. The Hall–Kier alpha value is -5.50. The van der Waals surface area contributed by atoms with E-state index in [-0.39, 0.29) is 22.5 Å². The summed E-state index contributed by atoms with van der Waals surface area (Å²) in [6.07, 6.45) is 22.4. The van der Waals surface area contributed by atoms with Crippen LogP contribution < -0.4 is 4.90 Å². The lowest BCUT2D eigenvalue weighted by molar-refractivity contribution is -0.438. The van der Waals surface area contributed by atoms with Crippen molar-refractivity contribution in [3.63, 3.8) is 0 Å². The third-order valence-corrected chi connectivity index (χ3v) is 17.1. The molecule has 5 heterocycles. The molecule has 0 saturated heterocycles. The van der Waals surface area contributed by atoms with Crippen molar-refractivity contribution in [2.75, 3.05) is 18.0 Å². The first-order valence-corrected chi connectivity index (χ1v) is 26.9. The summed E-state index contributed by atoms with van der Waals surface area (Å²) >= 11 is 3.31. The van der Waals surface area contributed by atoms with Crippen molar-refractivity contribution in [3.8, 4) is 16.5 Å². The van der Waals surface area contributed by atoms with E-state index in [1.54, 1.807) is 22.7 Å². The highest BCUT2D eigenvalue weighted by Crippen LogP contribution is 2.50. The number of allylic oxidation sites excluding steroid dienone is 5. The third kappa shape index (κ3) is 9.21. The SMILES string of the molecule is CCCCCCCCCCCC[N+]1=C(/C=C2/C(=O)C(/C=C3\N(CC)c4ccccc4C3(C)C)=C2O)C(C)(C)c2cc(-c3cc4c(s3)c3sc(/C=C(/C#N)C(=O)O)cc3n4CCCCCC)ccc21. The van der Waals surface area contributed by atoms with E-state index in [1.165, 1.54) is 85.2 Å². The number of carbonyl (C=O) groups excluding carboxylic acids is 1. The van der Waals surface area contributed by atoms with Crippen LogP contribution in [0.3, 0.4) is 0 Å². The summed E-state index contributed by atoms with van der Waals surface area (Å²) in [6.45, 7) is 17.9. The fraction of sp³-hybridized carbons (Fsp3) is 0.448. The minimum atomic E-state index is -1.22. The van der Waals surface area contributed by atoms with E-state index in [0.29, 0.717) is 11.1 Å². The molecule has 0 fully saturated rings. The Balaban J connectivity index is 1.13. The molecule has 10 heteroatoms. The van der Waals surface area contributed by atoms with Crippen LogP contribution >= 0.6 is 22.7 Å². The van der Waals surface area contributed by atoms with Gasteiger partial charge < -0.3 is 19.7 Å². The minimum Gasteiger partial charge on any atom is -0.506 e. The molecule has 0 unspecified atom stereocenters. The number of thiophene rings is 2. The Bertz CT molecular complexity index is 2960. The smallest absolute Gasteiger partial charge is 0.346 e. The molecule has 0 saturated carbocycles. The van der Waals surface area contributed by atoms with Gasteiger partial charge in [-0.2, -0.15) is 9.84 Å². The maximum absolute atomic E-state index is 14.3. The number of nitrogens with zero attached hydrogens (tertiary/aromatic N) is 4. The molecule has 2 aliphatic heterocycles. The molecule has 3 aromatic heterocycles. The lowest BCUT2D eigenvalue weighted by atomic mass is 9.77. The fourth-order valence-electron chi connectivity index (χ4n) is 10.8. The fourth-order valence-corrected chi connectivity index (χ4v) is 13.2. The number of carboxylic acid groups (broad SMARTS) is 1. The minimum absolute atomic E-state index is 0.0647. The number of hydrogen-bond donors (Lipinski definition) is 2. The molecule has 3 aliphatic rings. The summed E-state index contributed by atoms with van der Waals surface area (Å²) in [7, 11) is 0. The number of para-hydroxylation sites is 1. The molecule has 0 radical (unpaired) electrons. The Kier molecular flexibility index (Phi) is 14.8. The van der Waals surface area contributed by atoms with E-state index < -0.39 is 11.4 Å². The molecule has 0 bridgehead atoms. The Morgan fingerprint density at radius 1 is 0.779 bits per heavy atom. The number of likely N-dealkylation sites (N-methyl/N-ethyl adjacent to an activating group) is 1. The highest BCUT2D eigenvalue weighted by molar-refractivity contribution is 7.29. The van der Waals surface area contributed by atoms with Gasteiger partial charge in [0, 0.05) is 63.8 Å². The van der Waals surface area contributed by atoms with Crippen molar-refractivity contribution in [1.82, 2.24) is 4.57 Å². The second-order valence-electron chi connectivity index (χ2n) is 20.0. The maximum Gasteiger partial charge on any atom is 0.346 e. The number of nitriles is 1. The number of Topliss-reactive ketones (excluding diaryl/α,β-unsaturated/α-hetero) is 1. The molecule has 5 aromatic rings. The largest absolute Gasteiger partial charge is 0.506 e. The summed E-state index contributed by atoms with van der Waals surface area (Å²) in [6, 6.07) is 21.4. The molecule has 0 spiro atoms. The van der Waals surface area contributed by atoms with Gasteiger partial charge in [0.2, 0.25) is 11.5 Å². The van der Waals surface area contributed by atoms with Crippen LogP contribution in [-0.4, -0.2) is 49.9 Å². The summed E-state index contributed by atoms with van der Waals surface area (Å²) in [5, 5.41) is 30.9. The summed E-state index contributed by atoms with van der Waals surface area (Å²) in [4.78, 5) is 30.2. The first-order valence-electron chi connectivity index (χ1n) is 25.3. The zero-order valence-corrected chi connectivity index (χ0v) is 42.9. The predicted molar refractivity (Wildman–Crippen MR) is 284 cm³/mol. The van der Waals surface area contributed by atoms with Gasteiger partial charge in [0.25, 0.3) is 0 Å². The molecular formula is C58H69N4O4S2+. The van der Waals surface area contributed by atoms with Crippen molar-refractivity contribution < 1.29 is 24.4 Å². The van der Waals surface area contributed by atoms with Crippen molar-refractivity contribution in [2.45, 2.75) is 156 Å². The number of aromatic nitrogens is 1. The number of benzene rings is 2. The second-order valence-corrected chi connectivity index (χ2v) is 22.2. The van der Waals surface area contributed by atoms with Gasteiger partial charge in [0.05, 0.1) is 37.0 Å². The van der Waals surface area contributed by atoms with E-state index in [9.17, 15) is 25.1 Å². The van der Waals surface area contributed by atoms with Gasteiger partial charge in [-0.05, 0) is 87.2 Å². The van der Waals surface area contributed by atoms with Gasteiger partial charge in [0.1, 0.15) is 23.9 Å². The summed E-state index contributed by atoms with van der Waals surface area (Å²) in [5.74, 6) is -1.28. The molecule has 8 rings (SSSR count). The van der Waals surface area contributed by atoms with Crippen LogP contribution in [-0.2, 0) is 27.0 Å². The molecule has 0 atom stereocenters. The number of rotatable bonds is 22. The predicted octanol–water partition coefficient (Wildman–Crippen LogP) is 15.5. The van der Waals surface area contributed by atoms with Gasteiger partial charge in [-0.3, -0.25) is 4.79 Å². The van der Waals surface area contributed by atoms with Crippen LogP contribution in [0.1, 0.15) is 154 Å². The summed E-state index contributed by atoms with van der Waals surface area (Å²) in [5.41, 5.74) is 9.84. The standard InChI is InChI=1S/C58H68N4O4S2/c1-8-11-13-15-16-17-18-19-20-24-30-62-46-28-27-38(49-36-48-55(68-49)54-47(61(48)29-23-14-12-9-2)33-40(67-54)31-39(37-59)56(65)66)32-44(46)58(6,7)51(62)35-42-52(63)41(53(42)64)34-50-57(4,5)43-25-21-22-26-45(43)60(50)10-3/h21-22,25-28,31-36H,8-20,23-24,29-30H2,1-7H3,(H-,63,64,65,66)/p+1/b39-31-. The lowest BCUT2D eigenvalue weighted by Crippen LogP contribution is -2.32. The van der Waals surface area contributed by atoms with Crippen LogP contribution in [0.4, 0.5) is 11.4 Å². The zero-order valence-electron chi connectivity index (χ0n) is 41.3. The number of aliphatic hydroxyl groups is 1. The number of carboxylic acids is 1. The number of hydrogen-bond acceptors (Lipinski definition) is 7. The van der Waals surface area contributed by atoms with Crippen LogP contribution in [0.2, 0.25) is 0 Å². The van der Waals surface area contributed by atoms with Gasteiger partial charge in [-0.25, -0.2) is 4.79 Å². The maximum atomic E-state index is 14.3. The van der Waals surface area contributed by atoms with Crippen LogP contribution in [0.5, 0.6) is 0 Å². The van der Waals surface area contributed by atoms with Crippen molar-refractivity contribution >= 4 is 78.0 Å². The number of aryl methyl sites for hydroxylation is 1. The molecule has 0 amide bonds. The Morgan fingerprint density at radius 3 is 2.09 bits per heavy atom. The topological polar surface area (TPSA) is 110 Å². The van der Waals surface area contributed by atoms with E-state index in [1.807, 2.05) is 24.3 Å². The number of fused-ring (bicyclic) bond motifs is 5. The van der Waals surface area contributed by atoms with E-state index >= 15 is 0 Å². The normalized spacial score (nSPS) is 17.6. The second kappa shape index (κ2) is 20.6. The molecule has 68 heavy (non-hydrogen) atoms. The molecule has 1 aliphatic carbocycles. The van der Waals surface area contributed by atoms with Crippen molar-refractivity contribution in [2.24, 2.45) is 0 Å². The number of carbonyl (C=O) groups is 2. The van der Waals surface area contributed by atoms with E-state index in [2.05, 4.69) is 111 Å². The number of aliphatic hydroxyl groups excluding tert-OH is 1. The lowest BCUT2D eigenvalue weighted by Gasteiger charge is -2.28. The van der Waals surface area contributed by atoms with Crippen LogP contribution in [0.25, 0.3) is 36.9 Å². The summed E-state index contributed by atoms with van der Waals surface area (Å²) < 4.78 is 7.09. The molecule has 356 valence electrons. The molecule has 2 aromatic carbocycles. The average molecular weight is 950 g/mol. The van der Waals surface area contributed by atoms with Gasteiger partial charge in [-0.15, -0.1) is 22.7 Å². The van der Waals surface area contributed by atoms with Gasteiger partial charge >= 0.3 is 5.97 Å². The van der Waals surface area contributed by atoms with E-state index in [4.69, 9.17) is 0 Å². The number of ketones is 1. The van der Waals surface area contributed by atoms with Gasteiger partial charge in [0.15, 0.2) is 5.71 Å². The number of aliphatic carboxylic acids is 1. The molecular weight excluding hydrogens is 881 g/mol. The zero-order chi connectivity index (χ0) is 48.3. The third-order valence-electron chi connectivity index (χ3n) is 14.7. The highest BCUT2D eigenvalue weighted by Gasteiger charge is 2.47. The van der Waals surface area contributed by atoms with Gasteiger partial charge in [-0.1, -0.05) is 117 Å². The highest BCUT2D eigenvalue weighted by atomic mass is 32.1. The van der Waals surface area contributed by atoms with E-state index in [0.717, 1.165) is 100 Å². The quantitative estimate of drug-likeness (QED) is 0.0310. The number of unbranched alkanes of at least 4 members (excludes halogenated alkanes) is 12. The van der Waals surface area contributed by atoms with Crippen LogP contribution in [0.15, 0.2) is 94.9 Å². The monoisotopic (exact) mass is 949 g/mol. The van der Waals surface area contributed by atoms with Crippen molar-refractivity contribution in [3.05, 3.63) is 111 Å². The Morgan fingerprint density at radius 2 is 1.43 bits per heavy atom. The number of anilines is 1. The van der Waals surface area contributed by atoms with Crippen LogP contribution in [0, 0.1) is 11.3 Å². The Labute approximate surface area is 411 Å². The average Bonchev–Trinajstić information content (AvgIpc) is 4.10. The first kappa shape index (κ1) is 48.9.